The summed E-state index contributed by atoms with van der Waals surface area (Å²) in [6, 6.07) is 4.36. The fourth-order valence-electron chi connectivity index (χ4n) is 1.99. The lowest BCUT2D eigenvalue weighted by Crippen LogP contribution is -2.20. The molecule has 0 unspecified atom stereocenters. The third-order valence-corrected chi connectivity index (χ3v) is 4.02. The van der Waals surface area contributed by atoms with Gasteiger partial charge in [0, 0.05) is 35.7 Å². The molecule has 19 heavy (non-hydrogen) atoms. The van der Waals surface area contributed by atoms with Crippen molar-refractivity contribution in [1.29, 1.82) is 0 Å². The van der Waals surface area contributed by atoms with Crippen molar-refractivity contribution in [3.63, 3.8) is 0 Å². The summed E-state index contributed by atoms with van der Waals surface area (Å²) in [6.07, 6.45) is 1.85. The Bertz CT molecular complexity index is 515. The first-order valence-electron chi connectivity index (χ1n) is 6.91. The van der Waals surface area contributed by atoms with Crippen LogP contribution in [-0.4, -0.2) is 21.3 Å². The summed E-state index contributed by atoms with van der Waals surface area (Å²) in [4.78, 5) is 7.27. The lowest BCUT2D eigenvalue weighted by atomic mass is 10.4. The molecule has 4 nitrogen and oxygen atoms in total. The van der Waals surface area contributed by atoms with E-state index in [0.29, 0.717) is 0 Å². The van der Waals surface area contributed by atoms with E-state index in [4.69, 9.17) is 0 Å². The highest BCUT2D eigenvalue weighted by molar-refractivity contribution is 7.11. The normalized spacial score (nSPS) is 11.1. The van der Waals surface area contributed by atoms with Gasteiger partial charge in [0.2, 0.25) is 0 Å². The zero-order valence-electron chi connectivity index (χ0n) is 11.9. The Kier molecular flexibility index (Phi) is 5.10. The summed E-state index contributed by atoms with van der Waals surface area (Å²) in [7, 11) is 0. The van der Waals surface area contributed by atoms with Crippen molar-refractivity contribution in [2.24, 2.45) is 0 Å². The van der Waals surface area contributed by atoms with Crippen molar-refractivity contribution in [3.8, 4) is 0 Å². The second kappa shape index (κ2) is 6.82. The molecule has 2 aromatic heterocycles. The van der Waals surface area contributed by atoms with Gasteiger partial charge in [-0.05, 0) is 19.1 Å². The third kappa shape index (κ3) is 3.88. The number of nitrogens with one attached hydrogen (secondary N) is 1. The van der Waals surface area contributed by atoms with E-state index in [1.54, 1.807) is 0 Å². The minimum atomic E-state index is 0.889. The smallest absolute Gasteiger partial charge is 0.150 e. The molecule has 2 rings (SSSR count). The first-order valence-corrected chi connectivity index (χ1v) is 7.73. The van der Waals surface area contributed by atoms with Gasteiger partial charge in [0.05, 0.1) is 6.54 Å². The summed E-state index contributed by atoms with van der Waals surface area (Å²) in [6.45, 7) is 9.12. The third-order valence-electron chi connectivity index (χ3n) is 3.02. The summed E-state index contributed by atoms with van der Waals surface area (Å²) in [5.41, 5.74) is 0. The highest BCUT2D eigenvalue weighted by atomic mass is 32.1. The number of thiophene rings is 1. The molecule has 0 aliphatic carbocycles. The van der Waals surface area contributed by atoms with Crippen LogP contribution < -0.4 is 5.32 Å². The van der Waals surface area contributed by atoms with E-state index in [2.05, 4.69) is 48.3 Å². The van der Waals surface area contributed by atoms with Crippen molar-refractivity contribution in [2.45, 2.75) is 46.7 Å². The van der Waals surface area contributed by atoms with Crippen LogP contribution in [0.3, 0.4) is 0 Å². The van der Waals surface area contributed by atoms with Gasteiger partial charge in [-0.25, -0.2) is 9.67 Å². The van der Waals surface area contributed by atoms with E-state index >= 15 is 0 Å². The molecule has 0 aliphatic rings. The zero-order valence-corrected chi connectivity index (χ0v) is 12.8. The van der Waals surface area contributed by atoms with Gasteiger partial charge < -0.3 is 5.32 Å². The minimum Gasteiger partial charge on any atom is -0.310 e. The van der Waals surface area contributed by atoms with Gasteiger partial charge in [0.25, 0.3) is 0 Å². The Morgan fingerprint density at radius 1 is 1.26 bits per heavy atom. The van der Waals surface area contributed by atoms with Gasteiger partial charge in [-0.3, -0.25) is 0 Å². The number of aryl methyl sites for hydroxylation is 3. The highest BCUT2D eigenvalue weighted by Crippen LogP contribution is 2.14. The van der Waals surface area contributed by atoms with Gasteiger partial charge in [-0.2, -0.15) is 5.10 Å². The number of nitrogens with zero attached hydrogens (tertiary/aromatic N) is 3. The van der Waals surface area contributed by atoms with Crippen LogP contribution in [0, 0.1) is 6.92 Å². The summed E-state index contributed by atoms with van der Waals surface area (Å²) >= 11 is 1.85. The molecule has 0 saturated carbocycles. The molecule has 0 aliphatic heterocycles. The molecule has 2 aromatic rings. The predicted molar refractivity (Wildman–Crippen MR) is 79.5 cm³/mol. The fourth-order valence-corrected chi connectivity index (χ4v) is 2.85. The Hall–Kier alpha value is -1.20. The van der Waals surface area contributed by atoms with Crippen molar-refractivity contribution in [1.82, 2.24) is 20.1 Å². The van der Waals surface area contributed by atoms with Gasteiger partial charge >= 0.3 is 0 Å². The molecule has 0 atom stereocenters. The maximum atomic E-state index is 4.52. The molecule has 0 spiro atoms. The summed E-state index contributed by atoms with van der Waals surface area (Å²) in [5.74, 6) is 2.04. The Labute approximate surface area is 118 Å². The predicted octanol–water partition coefficient (Wildman–Crippen LogP) is 2.56. The quantitative estimate of drug-likeness (QED) is 0.792. The molecule has 5 heteroatoms. The van der Waals surface area contributed by atoms with E-state index in [0.717, 1.165) is 44.1 Å². The summed E-state index contributed by atoms with van der Waals surface area (Å²) < 4.78 is 2.03. The van der Waals surface area contributed by atoms with E-state index in [-0.39, 0.29) is 0 Å². The number of rotatable bonds is 7. The van der Waals surface area contributed by atoms with Gasteiger partial charge in [-0.15, -0.1) is 11.3 Å². The average molecular weight is 278 g/mol. The standard InChI is InChI=1S/C14H22N4S/c1-4-13-16-14(5-2)18(17-13)9-8-15-10-12-7-6-11(3)19-12/h6-7,15H,4-5,8-10H2,1-3H3. The molecule has 0 amide bonds. The van der Waals surface area contributed by atoms with Crippen LogP contribution in [0.4, 0.5) is 0 Å². The topological polar surface area (TPSA) is 42.7 Å². The SMILES string of the molecule is CCc1nc(CC)n(CCNCc2ccc(C)s2)n1. The summed E-state index contributed by atoms with van der Waals surface area (Å²) in [5, 5.41) is 7.98. The fraction of sp³-hybridized carbons (Fsp3) is 0.571. The monoisotopic (exact) mass is 278 g/mol. The van der Waals surface area contributed by atoms with Crippen LogP contribution in [0.15, 0.2) is 12.1 Å². The zero-order chi connectivity index (χ0) is 13.7. The van der Waals surface area contributed by atoms with Crippen molar-refractivity contribution >= 4 is 11.3 Å². The second-order valence-corrected chi connectivity index (χ2v) is 5.94. The minimum absolute atomic E-state index is 0.889. The number of hydrogen-bond donors (Lipinski definition) is 1. The Balaban J connectivity index is 1.80. The molecule has 2 heterocycles. The maximum absolute atomic E-state index is 4.52. The van der Waals surface area contributed by atoms with E-state index < -0.39 is 0 Å². The Morgan fingerprint density at radius 3 is 2.74 bits per heavy atom. The van der Waals surface area contributed by atoms with E-state index in [1.165, 1.54) is 9.75 Å². The highest BCUT2D eigenvalue weighted by Gasteiger charge is 2.06. The molecule has 0 saturated heterocycles. The van der Waals surface area contributed by atoms with Gasteiger partial charge in [0.1, 0.15) is 5.82 Å². The molecule has 0 bridgehead atoms. The molecule has 0 radical (unpaired) electrons. The largest absolute Gasteiger partial charge is 0.310 e. The molecular weight excluding hydrogens is 256 g/mol. The van der Waals surface area contributed by atoms with Crippen LogP contribution in [0.25, 0.3) is 0 Å². The lowest BCUT2D eigenvalue weighted by Gasteiger charge is -2.05. The van der Waals surface area contributed by atoms with Crippen LogP contribution in [0.5, 0.6) is 0 Å². The van der Waals surface area contributed by atoms with Gasteiger partial charge in [0.15, 0.2) is 5.82 Å². The molecule has 1 N–H and O–H groups in total. The van der Waals surface area contributed by atoms with Crippen molar-refractivity contribution < 1.29 is 0 Å². The van der Waals surface area contributed by atoms with E-state index in [1.807, 2.05) is 16.0 Å². The molecular formula is C14H22N4S. The van der Waals surface area contributed by atoms with Crippen LogP contribution in [0.2, 0.25) is 0 Å². The molecule has 0 fully saturated rings. The number of hydrogen-bond acceptors (Lipinski definition) is 4. The first kappa shape index (κ1) is 14.2. The average Bonchev–Trinajstić information content (AvgIpc) is 3.00. The second-order valence-electron chi connectivity index (χ2n) is 4.56. The van der Waals surface area contributed by atoms with Crippen LogP contribution in [-0.2, 0) is 25.9 Å². The van der Waals surface area contributed by atoms with Crippen LogP contribution in [0.1, 0.15) is 35.3 Å². The number of aromatic nitrogens is 3. The van der Waals surface area contributed by atoms with E-state index in [9.17, 15) is 0 Å². The van der Waals surface area contributed by atoms with Crippen LogP contribution >= 0.6 is 11.3 Å². The molecule has 0 aromatic carbocycles. The first-order chi connectivity index (χ1) is 9.22. The Morgan fingerprint density at radius 2 is 2.11 bits per heavy atom. The molecule has 104 valence electrons. The van der Waals surface area contributed by atoms with Crippen molar-refractivity contribution in [3.05, 3.63) is 33.5 Å². The van der Waals surface area contributed by atoms with Gasteiger partial charge in [-0.1, -0.05) is 13.8 Å². The maximum Gasteiger partial charge on any atom is 0.150 e. The van der Waals surface area contributed by atoms with Crippen molar-refractivity contribution in [2.75, 3.05) is 6.54 Å². The lowest BCUT2D eigenvalue weighted by molar-refractivity contribution is 0.534.